The Morgan fingerprint density at radius 2 is 1.96 bits per heavy atom. The van der Waals surface area contributed by atoms with Gasteiger partial charge in [0.15, 0.2) is 10.8 Å². The Labute approximate surface area is 162 Å². The first-order valence-corrected chi connectivity index (χ1v) is 9.93. The largest absolute Gasteiger partial charge is 0.450 e. The van der Waals surface area contributed by atoms with E-state index in [-0.39, 0.29) is 18.0 Å². The lowest BCUT2D eigenvalue weighted by molar-refractivity contribution is 0.0862. The molecule has 2 amide bonds. The molecule has 2 aromatic rings. The van der Waals surface area contributed by atoms with E-state index in [1.165, 1.54) is 11.3 Å². The second kappa shape index (κ2) is 8.90. The quantitative estimate of drug-likeness (QED) is 0.844. The van der Waals surface area contributed by atoms with Gasteiger partial charge >= 0.3 is 6.09 Å². The Kier molecular flexibility index (Phi) is 6.33. The number of piperidine rings is 1. The summed E-state index contributed by atoms with van der Waals surface area (Å²) in [6, 6.07) is 1.78. The number of carbonyl (C=O) groups excluding carboxylic acids is 2. The van der Waals surface area contributed by atoms with Crippen LogP contribution in [-0.4, -0.2) is 57.6 Å². The number of nitrogens with one attached hydrogen (secondary N) is 1. The van der Waals surface area contributed by atoms with Gasteiger partial charge in [-0.25, -0.2) is 19.7 Å². The van der Waals surface area contributed by atoms with Crippen LogP contribution in [-0.2, 0) is 11.2 Å². The molecule has 9 heteroatoms. The summed E-state index contributed by atoms with van der Waals surface area (Å²) in [5.41, 5.74) is 0.754. The molecule has 2 aromatic heterocycles. The van der Waals surface area contributed by atoms with E-state index >= 15 is 0 Å². The fourth-order valence-electron chi connectivity index (χ4n) is 2.95. The summed E-state index contributed by atoms with van der Waals surface area (Å²) in [4.78, 5) is 39.8. The molecule has 8 nitrogen and oxygen atoms in total. The fourth-order valence-corrected chi connectivity index (χ4v) is 3.95. The van der Waals surface area contributed by atoms with Gasteiger partial charge in [0, 0.05) is 31.5 Å². The molecule has 0 atom stereocenters. The third-order valence-electron chi connectivity index (χ3n) is 4.35. The minimum absolute atomic E-state index is 0.0337. The van der Waals surface area contributed by atoms with Crippen molar-refractivity contribution in [1.29, 1.82) is 0 Å². The summed E-state index contributed by atoms with van der Waals surface area (Å²) in [7, 11) is 0. The van der Waals surface area contributed by atoms with Gasteiger partial charge < -0.3 is 15.0 Å². The number of nitrogens with zero attached hydrogens (tertiary/aromatic N) is 4. The normalized spacial score (nSPS) is 14.8. The smallest absolute Gasteiger partial charge is 0.409 e. The highest BCUT2D eigenvalue weighted by atomic mass is 32.1. The third kappa shape index (κ3) is 4.60. The fraction of sp³-hybridized carbons (Fsp3) is 0.500. The highest BCUT2D eigenvalue weighted by Gasteiger charge is 2.26. The number of aryl methyl sites for hydroxylation is 1. The van der Waals surface area contributed by atoms with E-state index in [2.05, 4.69) is 20.3 Å². The van der Waals surface area contributed by atoms with Crippen molar-refractivity contribution >= 4 is 23.3 Å². The van der Waals surface area contributed by atoms with Crippen molar-refractivity contribution < 1.29 is 14.3 Å². The van der Waals surface area contributed by atoms with Crippen molar-refractivity contribution in [3.05, 3.63) is 29.0 Å². The zero-order valence-corrected chi connectivity index (χ0v) is 16.3. The van der Waals surface area contributed by atoms with E-state index in [9.17, 15) is 9.59 Å². The van der Waals surface area contributed by atoms with E-state index in [4.69, 9.17) is 4.74 Å². The van der Waals surface area contributed by atoms with E-state index in [0.29, 0.717) is 54.7 Å². The summed E-state index contributed by atoms with van der Waals surface area (Å²) in [5.74, 6) is 0.403. The number of likely N-dealkylation sites (tertiary alicyclic amines) is 1. The molecular formula is C18H23N5O3S. The van der Waals surface area contributed by atoms with Gasteiger partial charge in [-0.2, -0.15) is 0 Å². The number of rotatable bonds is 5. The van der Waals surface area contributed by atoms with Crippen molar-refractivity contribution in [3.8, 4) is 10.8 Å². The van der Waals surface area contributed by atoms with Gasteiger partial charge in [-0.1, -0.05) is 6.92 Å². The number of ether oxygens (including phenoxy) is 1. The first-order valence-electron chi connectivity index (χ1n) is 9.12. The predicted octanol–water partition coefficient (Wildman–Crippen LogP) is 2.51. The SMILES string of the molecule is CCOC(=O)N1CCC(NC(=O)c2sc(-c3ncccn3)nc2CC)CC1. The molecule has 0 spiro atoms. The zero-order valence-electron chi connectivity index (χ0n) is 15.5. The molecule has 3 heterocycles. The monoisotopic (exact) mass is 389 g/mol. The van der Waals surface area contributed by atoms with Crippen molar-refractivity contribution in [2.45, 2.75) is 39.2 Å². The minimum Gasteiger partial charge on any atom is -0.450 e. The Balaban J connectivity index is 1.63. The van der Waals surface area contributed by atoms with Crippen LogP contribution < -0.4 is 5.32 Å². The average molecular weight is 389 g/mol. The number of hydrogen-bond acceptors (Lipinski definition) is 7. The number of amides is 2. The topological polar surface area (TPSA) is 97.3 Å². The lowest BCUT2D eigenvalue weighted by Crippen LogP contribution is -2.46. The second-order valence-corrected chi connectivity index (χ2v) is 7.15. The lowest BCUT2D eigenvalue weighted by atomic mass is 10.1. The van der Waals surface area contributed by atoms with E-state index in [0.717, 1.165) is 5.69 Å². The van der Waals surface area contributed by atoms with Crippen LogP contribution in [0.5, 0.6) is 0 Å². The molecule has 0 bridgehead atoms. The zero-order chi connectivity index (χ0) is 19.2. The summed E-state index contributed by atoms with van der Waals surface area (Å²) in [5, 5.41) is 3.73. The third-order valence-corrected chi connectivity index (χ3v) is 5.44. The average Bonchev–Trinajstić information content (AvgIpc) is 3.14. The van der Waals surface area contributed by atoms with Crippen LogP contribution >= 0.6 is 11.3 Å². The molecule has 3 rings (SSSR count). The number of hydrogen-bond donors (Lipinski definition) is 1. The van der Waals surface area contributed by atoms with Gasteiger partial charge in [-0.15, -0.1) is 11.3 Å². The molecule has 0 aliphatic carbocycles. The van der Waals surface area contributed by atoms with Crippen LogP contribution in [0.25, 0.3) is 10.8 Å². The van der Waals surface area contributed by atoms with Gasteiger partial charge in [-0.05, 0) is 32.3 Å². The number of carbonyl (C=O) groups is 2. The maximum Gasteiger partial charge on any atom is 0.409 e. The Morgan fingerprint density at radius 3 is 2.59 bits per heavy atom. The maximum absolute atomic E-state index is 12.8. The van der Waals surface area contributed by atoms with Crippen LogP contribution in [0, 0.1) is 0 Å². The number of aromatic nitrogens is 3. The summed E-state index contributed by atoms with van der Waals surface area (Å²) >= 11 is 1.31. The molecule has 27 heavy (non-hydrogen) atoms. The molecular weight excluding hydrogens is 366 g/mol. The molecule has 1 fully saturated rings. The molecule has 1 aliphatic rings. The molecule has 144 valence electrons. The van der Waals surface area contributed by atoms with Crippen LogP contribution in [0.15, 0.2) is 18.5 Å². The van der Waals surface area contributed by atoms with E-state index in [1.807, 2.05) is 6.92 Å². The molecule has 1 aliphatic heterocycles. The second-order valence-electron chi connectivity index (χ2n) is 6.15. The first kappa shape index (κ1) is 19.2. The standard InChI is InChI=1S/C18H23N5O3S/c1-3-13-14(27-17(22-13)15-19-8-5-9-20-15)16(24)21-12-6-10-23(11-7-12)18(25)26-4-2/h5,8-9,12H,3-4,6-7,10-11H2,1-2H3,(H,21,24). The van der Waals surface area contributed by atoms with Crippen molar-refractivity contribution in [3.63, 3.8) is 0 Å². The molecule has 1 N–H and O–H groups in total. The highest BCUT2D eigenvalue weighted by Crippen LogP contribution is 2.26. The van der Waals surface area contributed by atoms with Crippen LogP contribution in [0.1, 0.15) is 42.1 Å². The van der Waals surface area contributed by atoms with Gasteiger partial charge in [0.25, 0.3) is 5.91 Å². The first-order chi connectivity index (χ1) is 13.1. The molecule has 0 radical (unpaired) electrons. The Morgan fingerprint density at radius 1 is 1.26 bits per heavy atom. The molecule has 0 unspecified atom stereocenters. The van der Waals surface area contributed by atoms with Gasteiger partial charge in [0.1, 0.15) is 4.88 Å². The van der Waals surface area contributed by atoms with Gasteiger partial charge in [0.05, 0.1) is 12.3 Å². The highest BCUT2D eigenvalue weighted by molar-refractivity contribution is 7.17. The summed E-state index contributed by atoms with van der Waals surface area (Å²) in [6.07, 6.45) is 5.11. The lowest BCUT2D eigenvalue weighted by Gasteiger charge is -2.31. The van der Waals surface area contributed by atoms with Crippen LogP contribution in [0.3, 0.4) is 0 Å². The van der Waals surface area contributed by atoms with Crippen LogP contribution in [0.2, 0.25) is 0 Å². The Hall–Kier alpha value is -2.55. The Bertz CT molecular complexity index is 788. The number of thiazole rings is 1. The van der Waals surface area contributed by atoms with Crippen molar-refractivity contribution in [2.24, 2.45) is 0 Å². The minimum atomic E-state index is -0.287. The van der Waals surface area contributed by atoms with Gasteiger partial charge in [-0.3, -0.25) is 4.79 Å². The van der Waals surface area contributed by atoms with E-state index in [1.54, 1.807) is 30.3 Å². The van der Waals surface area contributed by atoms with E-state index < -0.39 is 0 Å². The van der Waals surface area contributed by atoms with Gasteiger partial charge in [0.2, 0.25) is 0 Å². The van der Waals surface area contributed by atoms with Crippen molar-refractivity contribution in [2.75, 3.05) is 19.7 Å². The van der Waals surface area contributed by atoms with Crippen LogP contribution in [0.4, 0.5) is 4.79 Å². The predicted molar refractivity (Wildman–Crippen MR) is 102 cm³/mol. The summed E-state index contributed by atoms with van der Waals surface area (Å²) < 4.78 is 5.02. The summed E-state index contributed by atoms with van der Waals surface area (Å²) in [6.45, 7) is 5.29. The maximum atomic E-state index is 12.8. The molecule has 0 saturated carbocycles. The molecule has 1 saturated heterocycles. The van der Waals surface area contributed by atoms with Crippen molar-refractivity contribution in [1.82, 2.24) is 25.2 Å². The molecule has 0 aromatic carbocycles.